The van der Waals surface area contributed by atoms with Crippen LogP contribution in [-0.2, 0) is 21.0 Å². The molecular weight excluding hydrogens is 624 g/mol. The van der Waals surface area contributed by atoms with Crippen LogP contribution in [0.1, 0.15) is 42.9 Å². The van der Waals surface area contributed by atoms with Gasteiger partial charge in [0, 0.05) is 12.3 Å². The highest BCUT2D eigenvalue weighted by molar-refractivity contribution is 6.11. The number of ether oxygens (including phenoxy) is 4. The highest BCUT2D eigenvalue weighted by Gasteiger charge is 2.56. The van der Waals surface area contributed by atoms with Gasteiger partial charge in [-0.25, -0.2) is 0 Å². The maximum atomic E-state index is 14.3. The lowest BCUT2D eigenvalue weighted by Gasteiger charge is -2.44. The van der Waals surface area contributed by atoms with Crippen molar-refractivity contribution in [2.75, 3.05) is 31.5 Å². The van der Waals surface area contributed by atoms with Crippen molar-refractivity contribution in [1.29, 1.82) is 0 Å². The normalized spacial score (nSPS) is 20.2. The van der Waals surface area contributed by atoms with Gasteiger partial charge in [-0.15, -0.1) is 0 Å². The highest BCUT2D eigenvalue weighted by atomic mass is 16.5. The summed E-state index contributed by atoms with van der Waals surface area (Å²) in [5.41, 5.74) is 1.45. The summed E-state index contributed by atoms with van der Waals surface area (Å²) in [5, 5.41) is 17.5. The number of carbonyl (C=O) groups excluding carboxylic acids is 3. The molecule has 1 aliphatic carbocycles. The number of Topliss-reactive ketones (excluding diaryl/α,β-unsaturated/α-hetero) is 1. The first kappa shape index (κ1) is 35.0. The van der Waals surface area contributed by atoms with Crippen LogP contribution in [0.3, 0.4) is 0 Å². The van der Waals surface area contributed by atoms with Gasteiger partial charge in [-0.05, 0) is 68.3 Å². The molecule has 4 aromatic rings. The number of nitrogens with one attached hydrogen (secondary N) is 2. The number of aliphatic hydroxyl groups is 1. The SMILES string of the molecule is CCOc1cc(C2C(C(=O)Nc3ccccc3OC)C(=O)CC(C)(O)C2C(=O)Nc2ccccc2OC)ccc1OCc1cccc(C)c1. The topological polar surface area (TPSA) is 132 Å². The molecule has 0 saturated heterocycles. The molecule has 49 heavy (non-hydrogen) atoms. The lowest BCUT2D eigenvalue weighted by atomic mass is 9.61. The second-order valence-corrected chi connectivity index (χ2v) is 12.3. The van der Waals surface area contributed by atoms with Crippen LogP contribution in [0.2, 0.25) is 0 Å². The van der Waals surface area contributed by atoms with Crippen LogP contribution in [0.15, 0.2) is 91.0 Å². The first-order chi connectivity index (χ1) is 23.6. The first-order valence-electron chi connectivity index (χ1n) is 16.1. The minimum Gasteiger partial charge on any atom is -0.495 e. The predicted molar refractivity (Wildman–Crippen MR) is 186 cm³/mol. The fraction of sp³-hybridized carbons (Fsp3) is 0.308. The summed E-state index contributed by atoms with van der Waals surface area (Å²) in [6.07, 6.45) is -0.423. The van der Waals surface area contributed by atoms with Gasteiger partial charge in [0.15, 0.2) is 11.5 Å². The molecule has 0 bridgehead atoms. The number of methoxy groups -OCH3 is 2. The number of hydrogen-bond acceptors (Lipinski definition) is 8. The maximum Gasteiger partial charge on any atom is 0.235 e. The van der Waals surface area contributed by atoms with Crippen LogP contribution in [-0.4, -0.2) is 49.1 Å². The zero-order valence-corrected chi connectivity index (χ0v) is 28.3. The van der Waals surface area contributed by atoms with Crippen molar-refractivity contribution in [3.63, 3.8) is 0 Å². The van der Waals surface area contributed by atoms with Gasteiger partial charge in [0.1, 0.15) is 29.8 Å². The van der Waals surface area contributed by atoms with Crippen LogP contribution in [0.4, 0.5) is 11.4 Å². The molecule has 5 rings (SSSR count). The minimum absolute atomic E-state index is 0.283. The average Bonchev–Trinajstić information content (AvgIpc) is 3.07. The molecular formula is C39H42N2O8. The Kier molecular flexibility index (Phi) is 10.9. The zero-order valence-electron chi connectivity index (χ0n) is 28.3. The van der Waals surface area contributed by atoms with E-state index < -0.39 is 47.4 Å². The maximum absolute atomic E-state index is 14.3. The summed E-state index contributed by atoms with van der Waals surface area (Å²) >= 11 is 0. The van der Waals surface area contributed by atoms with E-state index in [1.54, 1.807) is 66.7 Å². The van der Waals surface area contributed by atoms with Gasteiger partial charge < -0.3 is 34.7 Å². The quantitative estimate of drug-likeness (QED) is 0.150. The van der Waals surface area contributed by atoms with Crippen molar-refractivity contribution in [3.05, 3.63) is 108 Å². The molecule has 2 amide bonds. The Labute approximate surface area is 286 Å². The summed E-state index contributed by atoms with van der Waals surface area (Å²) < 4.78 is 23.0. The molecule has 0 aromatic heterocycles. The van der Waals surface area contributed by atoms with Gasteiger partial charge in [0.2, 0.25) is 11.8 Å². The second kappa shape index (κ2) is 15.3. The van der Waals surface area contributed by atoms with Crippen LogP contribution >= 0.6 is 0 Å². The van der Waals surface area contributed by atoms with E-state index in [-0.39, 0.29) is 6.61 Å². The summed E-state index contributed by atoms with van der Waals surface area (Å²) in [4.78, 5) is 42.4. The Morgan fingerprint density at radius 2 is 1.43 bits per heavy atom. The summed E-state index contributed by atoms with van der Waals surface area (Å²) in [6, 6.07) is 26.8. The van der Waals surface area contributed by atoms with Crippen molar-refractivity contribution >= 4 is 29.0 Å². The number of para-hydroxylation sites is 4. The fourth-order valence-corrected chi connectivity index (χ4v) is 6.49. The summed E-state index contributed by atoms with van der Waals surface area (Å²) in [5.74, 6) is -3.80. The number of ketones is 1. The van der Waals surface area contributed by atoms with Gasteiger partial charge in [0.05, 0.1) is 43.7 Å². The third kappa shape index (κ3) is 7.87. The largest absolute Gasteiger partial charge is 0.495 e. The molecule has 0 radical (unpaired) electrons. The Hall–Kier alpha value is -5.35. The van der Waals surface area contributed by atoms with E-state index in [0.29, 0.717) is 46.5 Å². The Morgan fingerprint density at radius 1 is 0.796 bits per heavy atom. The van der Waals surface area contributed by atoms with E-state index in [1.807, 2.05) is 38.1 Å². The zero-order chi connectivity index (χ0) is 35.1. The molecule has 1 aliphatic rings. The van der Waals surface area contributed by atoms with Crippen molar-refractivity contribution in [2.45, 2.75) is 45.3 Å². The Bertz CT molecular complexity index is 1820. The standard InChI is InChI=1S/C39H42N2O8/c1-6-48-33-21-26(18-19-32(33)49-23-25-13-11-12-24(2)20-25)34-35(37(43)40-27-14-7-9-16-30(27)46-4)29(42)22-39(3,45)36(34)38(44)41-28-15-8-10-17-31(28)47-5/h7-21,34-36,45H,6,22-23H2,1-5H3,(H,40,43)(H,41,44). The lowest BCUT2D eigenvalue weighted by Crippen LogP contribution is -2.56. The molecule has 10 heteroatoms. The number of anilines is 2. The average molecular weight is 667 g/mol. The van der Waals surface area contributed by atoms with Crippen molar-refractivity contribution in [1.82, 2.24) is 0 Å². The number of rotatable bonds is 12. The van der Waals surface area contributed by atoms with E-state index >= 15 is 0 Å². The third-order valence-electron chi connectivity index (χ3n) is 8.69. The van der Waals surface area contributed by atoms with E-state index in [4.69, 9.17) is 18.9 Å². The second-order valence-electron chi connectivity index (χ2n) is 12.3. The molecule has 0 aliphatic heterocycles. The number of benzene rings is 4. The number of aryl methyl sites for hydroxylation is 1. The van der Waals surface area contributed by atoms with Gasteiger partial charge in [-0.3, -0.25) is 14.4 Å². The van der Waals surface area contributed by atoms with Crippen LogP contribution < -0.4 is 29.6 Å². The molecule has 4 unspecified atom stereocenters. The van der Waals surface area contributed by atoms with Crippen molar-refractivity contribution in [3.8, 4) is 23.0 Å². The molecule has 1 fully saturated rings. The third-order valence-corrected chi connectivity index (χ3v) is 8.69. The molecule has 4 aromatic carbocycles. The summed E-state index contributed by atoms with van der Waals surface area (Å²) in [6.45, 7) is 5.87. The number of carbonyl (C=O) groups is 3. The predicted octanol–water partition coefficient (Wildman–Crippen LogP) is 6.31. The molecule has 4 atom stereocenters. The molecule has 0 heterocycles. The van der Waals surface area contributed by atoms with E-state index in [0.717, 1.165) is 11.1 Å². The number of amides is 2. The first-order valence-corrected chi connectivity index (χ1v) is 16.1. The monoisotopic (exact) mass is 666 g/mol. The molecule has 256 valence electrons. The minimum atomic E-state index is -1.82. The van der Waals surface area contributed by atoms with Crippen LogP contribution in [0.25, 0.3) is 0 Å². The van der Waals surface area contributed by atoms with Gasteiger partial charge >= 0.3 is 0 Å². The van der Waals surface area contributed by atoms with Gasteiger partial charge in [-0.1, -0.05) is 60.2 Å². The van der Waals surface area contributed by atoms with E-state index in [2.05, 4.69) is 10.6 Å². The highest BCUT2D eigenvalue weighted by Crippen LogP contribution is 2.48. The van der Waals surface area contributed by atoms with E-state index in [1.165, 1.54) is 21.1 Å². The van der Waals surface area contributed by atoms with Crippen LogP contribution in [0.5, 0.6) is 23.0 Å². The Balaban J connectivity index is 1.59. The van der Waals surface area contributed by atoms with Crippen LogP contribution in [0, 0.1) is 18.8 Å². The smallest absolute Gasteiger partial charge is 0.235 e. The molecule has 3 N–H and O–H groups in total. The molecule has 0 spiro atoms. The summed E-state index contributed by atoms with van der Waals surface area (Å²) in [7, 11) is 2.96. The van der Waals surface area contributed by atoms with Crippen molar-refractivity contribution in [2.24, 2.45) is 11.8 Å². The lowest BCUT2D eigenvalue weighted by molar-refractivity contribution is -0.150. The molecule has 10 nitrogen and oxygen atoms in total. The molecule has 1 saturated carbocycles. The number of hydrogen-bond donors (Lipinski definition) is 3. The fourth-order valence-electron chi connectivity index (χ4n) is 6.49. The van der Waals surface area contributed by atoms with Crippen molar-refractivity contribution < 1.29 is 38.4 Å². The van der Waals surface area contributed by atoms with Gasteiger partial charge in [0.25, 0.3) is 0 Å². The van der Waals surface area contributed by atoms with Gasteiger partial charge in [-0.2, -0.15) is 0 Å². The Morgan fingerprint density at radius 3 is 2.04 bits per heavy atom. The van der Waals surface area contributed by atoms with E-state index in [9.17, 15) is 19.5 Å².